The maximum Gasteiger partial charge on any atom is 0.269 e. The van der Waals surface area contributed by atoms with Gasteiger partial charge in [-0.25, -0.2) is 0 Å². The van der Waals surface area contributed by atoms with Crippen LogP contribution in [0.15, 0.2) is 30.3 Å². The minimum Gasteiger partial charge on any atom is -0.351 e. The van der Waals surface area contributed by atoms with E-state index in [1.165, 1.54) is 5.56 Å². The van der Waals surface area contributed by atoms with Crippen molar-refractivity contribution in [3.8, 4) is 11.3 Å². The highest BCUT2D eigenvalue weighted by Crippen LogP contribution is 2.18. The predicted octanol–water partition coefficient (Wildman–Crippen LogP) is 1.83. The van der Waals surface area contributed by atoms with Crippen molar-refractivity contribution < 1.29 is 4.79 Å². The molecule has 2 aromatic rings. The number of carbonyl (C=O) groups excluding carboxylic acids is 1. The summed E-state index contributed by atoms with van der Waals surface area (Å²) in [6, 6.07) is 9.91. The number of nitrogens with one attached hydrogen (secondary N) is 3. The third kappa shape index (κ3) is 5.56. The molecular formula is C18H26ClN5O. The van der Waals surface area contributed by atoms with Gasteiger partial charge in [0.1, 0.15) is 5.69 Å². The van der Waals surface area contributed by atoms with Crippen LogP contribution >= 0.6 is 12.4 Å². The molecular weight excluding hydrogens is 338 g/mol. The first-order valence-electron chi connectivity index (χ1n) is 8.56. The van der Waals surface area contributed by atoms with Crippen LogP contribution in [0.25, 0.3) is 11.3 Å². The number of halogens is 1. The van der Waals surface area contributed by atoms with E-state index >= 15 is 0 Å². The Balaban J connectivity index is 0.00000225. The van der Waals surface area contributed by atoms with E-state index in [0.717, 1.165) is 50.4 Å². The molecule has 1 aromatic carbocycles. The van der Waals surface area contributed by atoms with E-state index < -0.39 is 0 Å². The van der Waals surface area contributed by atoms with Crippen LogP contribution in [-0.2, 0) is 0 Å². The number of nitrogens with zero attached hydrogens (tertiary/aromatic N) is 2. The van der Waals surface area contributed by atoms with Gasteiger partial charge in [0.25, 0.3) is 5.91 Å². The monoisotopic (exact) mass is 363 g/mol. The van der Waals surface area contributed by atoms with Crippen LogP contribution in [0.3, 0.4) is 0 Å². The van der Waals surface area contributed by atoms with Crippen LogP contribution in [0.1, 0.15) is 22.5 Å². The summed E-state index contributed by atoms with van der Waals surface area (Å²) in [5, 5.41) is 13.4. The topological polar surface area (TPSA) is 73.1 Å². The second-order valence-corrected chi connectivity index (χ2v) is 6.23. The largest absolute Gasteiger partial charge is 0.351 e. The zero-order valence-electron chi connectivity index (χ0n) is 14.5. The van der Waals surface area contributed by atoms with Crippen LogP contribution in [0.4, 0.5) is 0 Å². The smallest absolute Gasteiger partial charge is 0.269 e. The van der Waals surface area contributed by atoms with Crippen molar-refractivity contribution in [2.24, 2.45) is 0 Å². The maximum atomic E-state index is 12.2. The van der Waals surface area contributed by atoms with Crippen molar-refractivity contribution in [3.63, 3.8) is 0 Å². The Kier molecular flexibility index (Phi) is 7.43. The first-order chi connectivity index (χ1) is 11.7. The zero-order valence-corrected chi connectivity index (χ0v) is 15.4. The second kappa shape index (κ2) is 9.56. The van der Waals surface area contributed by atoms with Gasteiger partial charge in [0.15, 0.2) is 0 Å². The van der Waals surface area contributed by atoms with Crippen molar-refractivity contribution in [3.05, 3.63) is 41.6 Å². The van der Waals surface area contributed by atoms with Crippen molar-refractivity contribution in [2.75, 3.05) is 39.3 Å². The average Bonchev–Trinajstić information content (AvgIpc) is 3.10. The number of aryl methyl sites for hydroxylation is 1. The van der Waals surface area contributed by atoms with E-state index in [1.807, 2.05) is 31.2 Å². The minimum absolute atomic E-state index is 0. The fourth-order valence-corrected chi connectivity index (χ4v) is 2.84. The average molecular weight is 364 g/mol. The Morgan fingerprint density at radius 2 is 1.96 bits per heavy atom. The lowest BCUT2D eigenvalue weighted by Crippen LogP contribution is -2.44. The Morgan fingerprint density at radius 3 is 2.68 bits per heavy atom. The van der Waals surface area contributed by atoms with Crippen molar-refractivity contribution in [1.29, 1.82) is 0 Å². The lowest BCUT2D eigenvalue weighted by atomic mass is 10.1. The highest BCUT2D eigenvalue weighted by Gasteiger charge is 2.12. The lowest BCUT2D eigenvalue weighted by Gasteiger charge is -2.26. The van der Waals surface area contributed by atoms with E-state index in [2.05, 4.69) is 25.7 Å². The molecule has 3 N–H and O–H groups in total. The van der Waals surface area contributed by atoms with Crippen molar-refractivity contribution in [2.45, 2.75) is 13.3 Å². The minimum atomic E-state index is -0.0961. The van der Waals surface area contributed by atoms with Gasteiger partial charge in [-0.1, -0.05) is 29.8 Å². The summed E-state index contributed by atoms with van der Waals surface area (Å²) in [4.78, 5) is 14.6. The summed E-state index contributed by atoms with van der Waals surface area (Å²) in [6.45, 7) is 8.06. The number of hydrogen-bond donors (Lipinski definition) is 3. The fraction of sp³-hybridized carbons (Fsp3) is 0.444. The van der Waals surface area contributed by atoms with Gasteiger partial charge in [-0.3, -0.25) is 9.89 Å². The molecule has 1 amide bonds. The van der Waals surface area contributed by atoms with E-state index in [9.17, 15) is 4.79 Å². The summed E-state index contributed by atoms with van der Waals surface area (Å²) in [7, 11) is 0. The highest BCUT2D eigenvalue weighted by atomic mass is 35.5. The summed E-state index contributed by atoms with van der Waals surface area (Å²) < 4.78 is 0. The summed E-state index contributed by atoms with van der Waals surface area (Å²) in [6.07, 6.45) is 0.963. The first kappa shape index (κ1) is 19.4. The summed E-state index contributed by atoms with van der Waals surface area (Å²) in [5.41, 5.74) is 3.51. The molecule has 1 fully saturated rings. The van der Waals surface area contributed by atoms with Crippen LogP contribution in [-0.4, -0.2) is 60.3 Å². The van der Waals surface area contributed by atoms with E-state index in [0.29, 0.717) is 12.2 Å². The quantitative estimate of drug-likeness (QED) is 0.685. The number of hydrogen-bond acceptors (Lipinski definition) is 4. The van der Waals surface area contributed by atoms with Gasteiger partial charge in [-0.05, 0) is 26.0 Å². The second-order valence-electron chi connectivity index (χ2n) is 6.23. The number of aromatic nitrogens is 2. The van der Waals surface area contributed by atoms with Crippen molar-refractivity contribution in [1.82, 2.24) is 25.7 Å². The molecule has 0 bridgehead atoms. The molecule has 0 radical (unpaired) electrons. The van der Waals surface area contributed by atoms with Gasteiger partial charge in [0.05, 0.1) is 5.69 Å². The molecule has 1 saturated heterocycles. The SMILES string of the molecule is Cc1ccc(-c2cc(C(=O)NCCCN3CCNCC3)[nH]n2)cc1.Cl. The summed E-state index contributed by atoms with van der Waals surface area (Å²) in [5.74, 6) is -0.0961. The standard InChI is InChI=1S/C18H25N5O.ClH/c1-14-3-5-15(6-4-14)16-13-17(22-21-16)18(24)20-7-2-10-23-11-8-19-9-12-23;/h3-6,13,19H,2,7-12H2,1H3,(H,20,24)(H,21,22);1H. The van der Waals surface area contributed by atoms with E-state index in [-0.39, 0.29) is 18.3 Å². The van der Waals surface area contributed by atoms with Gasteiger partial charge >= 0.3 is 0 Å². The molecule has 0 spiro atoms. The number of rotatable bonds is 6. The number of piperazine rings is 1. The Labute approximate surface area is 154 Å². The van der Waals surface area contributed by atoms with Gasteiger partial charge in [-0.15, -0.1) is 12.4 Å². The number of aromatic amines is 1. The van der Waals surface area contributed by atoms with Crippen LogP contribution in [0, 0.1) is 6.92 Å². The first-order valence-corrected chi connectivity index (χ1v) is 8.56. The zero-order chi connectivity index (χ0) is 16.8. The van der Waals surface area contributed by atoms with Gasteiger partial charge < -0.3 is 15.5 Å². The molecule has 3 rings (SSSR count). The fourth-order valence-electron chi connectivity index (χ4n) is 2.84. The Morgan fingerprint density at radius 1 is 1.24 bits per heavy atom. The van der Waals surface area contributed by atoms with Crippen LogP contribution in [0.5, 0.6) is 0 Å². The highest BCUT2D eigenvalue weighted by molar-refractivity contribution is 5.93. The number of H-pyrrole nitrogens is 1. The lowest BCUT2D eigenvalue weighted by molar-refractivity contribution is 0.0946. The normalized spacial score (nSPS) is 14.8. The third-order valence-electron chi connectivity index (χ3n) is 4.32. The molecule has 1 aliphatic heterocycles. The Bertz CT molecular complexity index is 664. The summed E-state index contributed by atoms with van der Waals surface area (Å²) >= 11 is 0. The van der Waals surface area contributed by atoms with Gasteiger partial charge in [0, 0.05) is 38.3 Å². The molecule has 136 valence electrons. The number of amides is 1. The Hall–Kier alpha value is -1.89. The van der Waals surface area contributed by atoms with Crippen LogP contribution < -0.4 is 10.6 Å². The third-order valence-corrected chi connectivity index (χ3v) is 4.32. The number of carbonyl (C=O) groups is 1. The molecule has 0 aliphatic carbocycles. The maximum absolute atomic E-state index is 12.2. The predicted molar refractivity (Wildman–Crippen MR) is 102 cm³/mol. The van der Waals surface area contributed by atoms with Crippen molar-refractivity contribution >= 4 is 18.3 Å². The number of benzene rings is 1. The molecule has 1 aliphatic rings. The molecule has 6 nitrogen and oxygen atoms in total. The van der Waals surface area contributed by atoms with Gasteiger partial charge in [-0.2, -0.15) is 5.10 Å². The molecule has 7 heteroatoms. The molecule has 1 aromatic heterocycles. The molecule has 2 heterocycles. The molecule has 0 unspecified atom stereocenters. The molecule has 25 heavy (non-hydrogen) atoms. The van der Waals surface area contributed by atoms with Gasteiger partial charge in [0.2, 0.25) is 0 Å². The molecule has 0 saturated carbocycles. The van der Waals surface area contributed by atoms with Crippen LogP contribution in [0.2, 0.25) is 0 Å². The van der Waals surface area contributed by atoms with E-state index in [1.54, 1.807) is 6.07 Å². The molecule has 0 atom stereocenters. The van der Waals surface area contributed by atoms with E-state index in [4.69, 9.17) is 0 Å².